The van der Waals surface area contributed by atoms with Crippen molar-refractivity contribution in [1.82, 2.24) is 9.97 Å². The van der Waals surface area contributed by atoms with E-state index >= 15 is 0 Å². The molecule has 2 aromatic rings. The molecule has 0 atom stereocenters. The molecule has 0 aliphatic rings. The largest absolute Gasteiger partial charge is 0.497 e. The van der Waals surface area contributed by atoms with Gasteiger partial charge in [0.15, 0.2) is 0 Å². The van der Waals surface area contributed by atoms with Gasteiger partial charge in [0.25, 0.3) is 0 Å². The van der Waals surface area contributed by atoms with Crippen LogP contribution in [0, 0.1) is 0 Å². The van der Waals surface area contributed by atoms with Crippen LogP contribution in [-0.4, -0.2) is 24.1 Å². The summed E-state index contributed by atoms with van der Waals surface area (Å²) in [6.45, 7) is 0. The SMILES string of the molecule is COc1ccc(N(C)c2ncc(Br)cn2)cc1. The van der Waals surface area contributed by atoms with E-state index in [-0.39, 0.29) is 0 Å². The fourth-order valence-electron chi connectivity index (χ4n) is 1.40. The van der Waals surface area contributed by atoms with Crippen LogP contribution in [0.25, 0.3) is 0 Å². The second kappa shape index (κ2) is 5.14. The van der Waals surface area contributed by atoms with Gasteiger partial charge >= 0.3 is 0 Å². The molecule has 4 nitrogen and oxygen atoms in total. The Morgan fingerprint density at radius 2 is 1.71 bits per heavy atom. The minimum Gasteiger partial charge on any atom is -0.497 e. The van der Waals surface area contributed by atoms with E-state index in [1.807, 2.05) is 36.2 Å². The van der Waals surface area contributed by atoms with Gasteiger partial charge in [0, 0.05) is 25.1 Å². The van der Waals surface area contributed by atoms with E-state index in [1.165, 1.54) is 0 Å². The number of hydrogen-bond acceptors (Lipinski definition) is 4. The molecular formula is C12H12BrN3O. The maximum absolute atomic E-state index is 5.11. The molecule has 2 rings (SSSR count). The average molecular weight is 294 g/mol. The Morgan fingerprint density at radius 3 is 2.24 bits per heavy atom. The summed E-state index contributed by atoms with van der Waals surface area (Å²) in [5.41, 5.74) is 1.01. The highest BCUT2D eigenvalue weighted by Gasteiger charge is 2.06. The topological polar surface area (TPSA) is 38.2 Å². The molecule has 0 N–H and O–H groups in total. The van der Waals surface area contributed by atoms with Crippen LogP contribution in [0.2, 0.25) is 0 Å². The Balaban J connectivity index is 2.23. The summed E-state index contributed by atoms with van der Waals surface area (Å²) in [5, 5.41) is 0. The first-order valence-corrected chi connectivity index (χ1v) is 5.85. The number of ether oxygens (including phenoxy) is 1. The molecule has 0 radical (unpaired) electrons. The molecule has 17 heavy (non-hydrogen) atoms. The fraction of sp³-hybridized carbons (Fsp3) is 0.167. The zero-order valence-electron chi connectivity index (χ0n) is 9.59. The minimum absolute atomic E-state index is 0.651. The summed E-state index contributed by atoms with van der Waals surface area (Å²) in [4.78, 5) is 10.4. The maximum Gasteiger partial charge on any atom is 0.229 e. The van der Waals surface area contributed by atoms with Crippen molar-refractivity contribution in [3.05, 3.63) is 41.1 Å². The lowest BCUT2D eigenvalue weighted by Crippen LogP contribution is -2.12. The monoisotopic (exact) mass is 293 g/mol. The molecule has 0 fully saturated rings. The molecule has 0 amide bonds. The van der Waals surface area contributed by atoms with Crippen LogP contribution in [-0.2, 0) is 0 Å². The second-order valence-electron chi connectivity index (χ2n) is 3.46. The van der Waals surface area contributed by atoms with Gasteiger partial charge in [-0.3, -0.25) is 0 Å². The molecule has 1 aromatic heterocycles. The third-order valence-corrected chi connectivity index (χ3v) is 2.78. The van der Waals surface area contributed by atoms with Crippen molar-refractivity contribution in [2.75, 3.05) is 19.1 Å². The standard InChI is InChI=1S/C12H12BrN3O/c1-16(12-14-7-9(13)8-15-12)10-3-5-11(17-2)6-4-10/h3-8H,1-2H3. The molecule has 0 bridgehead atoms. The van der Waals surface area contributed by atoms with E-state index < -0.39 is 0 Å². The molecule has 0 unspecified atom stereocenters. The summed E-state index contributed by atoms with van der Waals surface area (Å²) in [7, 11) is 3.57. The number of anilines is 2. The van der Waals surface area contributed by atoms with E-state index in [0.29, 0.717) is 5.95 Å². The fourth-order valence-corrected chi connectivity index (χ4v) is 1.60. The molecule has 0 aliphatic carbocycles. The Hall–Kier alpha value is -1.62. The van der Waals surface area contributed by atoms with E-state index in [0.717, 1.165) is 15.9 Å². The quantitative estimate of drug-likeness (QED) is 0.872. The highest BCUT2D eigenvalue weighted by Crippen LogP contribution is 2.22. The summed E-state index contributed by atoms with van der Waals surface area (Å²) in [6, 6.07) is 7.74. The third-order valence-electron chi connectivity index (χ3n) is 2.37. The number of methoxy groups -OCH3 is 1. The highest BCUT2D eigenvalue weighted by molar-refractivity contribution is 9.10. The van der Waals surface area contributed by atoms with Gasteiger partial charge in [-0.15, -0.1) is 0 Å². The molecule has 5 heteroatoms. The Bertz CT molecular complexity index is 484. The first kappa shape index (κ1) is 11.9. The molecule has 0 aliphatic heterocycles. The lowest BCUT2D eigenvalue weighted by molar-refractivity contribution is 0.415. The Kier molecular flexibility index (Phi) is 3.58. The zero-order chi connectivity index (χ0) is 12.3. The molecule has 1 aromatic carbocycles. The normalized spacial score (nSPS) is 10.1. The Labute approximate surface area is 108 Å². The number of nitrogens with zero attached hydrogens (tertiary/aromatic N) is 3. The lowest BCUT2D eigenvalue weighted by atomic mass is 10.3. The predicted molar refractivity (Wildman–Crippen MR) is 70.8 cm³/mol. The van der Waals surface area contributed by atoms with Crippen molar-refractivity contribution in [3.63, 3.8) is 0 Å². The van der Waals surface area contributed by atoms with Crippen molar-refractivity contribution >= 4 is 27.6 Å². The number of halogens is 1. The number of hydrogen-bond donors (Lipinski definition) is 0. The van der Waals surface area contributed by atoms with Gasteiger partial charge < -0.3 is 9.64 Å². The molecular weight excluding hydrogens is 282 g/mol. The van der Waals surface area contributed by atoms with Gasteiger partial charge in [0.05, 0.1) is 11.6 Å². The molecule has 1 heterocycles. The van der Waals surface area contributed by atoms with Crippen LogP contribution in [0.15, 0.2) is 41.1 Å². The lowest BCUT2D eigenvalue weighted by Gasteiger charge is -2.17. The van der Waals surface area contributed by atoms with Crippen molar-refractivity contribution in [2.45, 2.75) is 0 Å². The van der Waals surface area contributed by atoms with Crippen LogP contribution in [0.4, 0.5) is 11.6 Å². The van der Waals surface area contributed by atoms with Gasteiger partial charge in [-0.05, 0) is 40.2 Å². The molecule has 0 spiro atoms. The van der Waals surface area contributed by atoms with Crippen molar-refractivity contribution in [3.8, 4) is 5.75 Å². The van der Waals surface area contributed by atoms with Crippen LogP contribution >= 0.6 is 15.9 Å². The zero-order valence-corrected chi connectivity index (χ0v) is 11.2. The summed E-state index contributed by atoms with van der Waals surface area (Å²) in [5.74, 6) is 1.48. The van der Waals surface area contributed by atoms with E-state index in [2.05, 4.69) is 25.9 Å². The van der Waals surface area contributed by atoms with Gasteiger partial charge in [0.1, 0.15) is 5.75 Å². The van der Waals surface area contributed by atoms with Gasteiger partial charge in [-0.25, -0.2) is 9.97 Å². The van der Waals surface area contributed by atoms with Crippen LogP contribution < -0.4 is 9.64 Å². The van der Waals surface area contributed by atoms with Gasteiger partial charge in [0.2, 0.25) is 5.95 Å². The minimum atomic E-state index is 0.651. The van der Waals surface area contributed by atoms with E-state index in [9.17, 15) is 0 Å². The molecule has 0 saturated carbocycles. The summed E-state index contributed by atoms with van der Waals surface area (Å²) in [6.07, 6.45) is 3.45. The van der Waals surface area contributed by atoms with Crippen LogP contribution in [0.1, 0.15) is 0 Å². The van der Waals surface area contributed by atoms with Gasteiger partial charge in [-0.2, -0.15) is 0 Å². The summed E-state index contributed by atoms with van der Waals surface area (Å²) < 4.78 is 5.98. The van der Waals surface area contributed by atoms with Crippen molar-refractivity contribution in [2.24, 2.45) is 0 Å². The maximum atomic E-state index is 5.11. The van der Waals surface area contributed by atoms with Crippen molar-refractivity contribution < 1.29 is 4.74 Å². The van der Waals surface area contributed by atoms with Crippen LogP contribution in [0.5, 0.6) is 5.75 Å². The predicted octanol–water partition coefficient (Wildman–Crippen LogP) is 3.02. The summed E-state index contributed by atoms with van der Waals surface area (Å²) >= 11 is 3.31. The Morgan fingerprint density at radius 1 is 1.12 bits per heavy atom. The average Bonchev–Trinajstić information content (AvgIpc) is 2.39. The number of benzene rings is 1. The third kappa shape index (κ3) is 2.74. The first-order chi connectivity index (χ1) is 8.20. The highest BCUT2D eigenvalue weighted by atomic mass is 79.9. The second-order valence-corrected chi connectivity index (χ2v) is 4.37. The number of aromatic nitrogens is 2. The van der Waals surface area contributed by atoms with Crippen LogP contribution in [0.3, 0.4) is 0 Å². The molecule has 88 valence electrons. The first-order valence-electron chi connectivity index (χ1n) is 5.06. The van der Waals surface area contributed by atoms with Gasteiger partial charge in [-0.1, -0.05) is 0 Å². The smallest absolute Gasteiger partial charge is 0.229 e. The van der Waals surface area contributed by atoms with E-state index in [1.54, 1.807) is 19.5 Å². The molecule has 0 saturated heterocycles. The van der Waals surface area contributed by atoms with Crippen molar-refractivity contribution in [1.29, 1.82) is 0 Å². The van der Waals surface area contributed by atoms with E-state index in [4.69, 9.17) is 4.74 Å². The number of rotatable bonds is 3.